The molecule has 0 amide bonds. The van der Waals surface area contributed by atoms with Crippen LogP contribution >= 0.6 is 0 Å². The number of fused-ring (bicyclic) bond motifs is 6. The van der Waals surface area contributed by atoms with Crippen molar-refractivity contribution in [2.24, 2.45) is 0 Å². The fourth-order valence-corrected chi connectivity index (χ4v) is 6.10. The number of benzene rings is 7. The van der Waals surface area contributed by atoms with E-state index in [-0.39, 0.29) is 5.75 Å². The second-order valence-electron chi connectivity index (χ2n) is 9.86. The van der Waals surface area contributed by atoms with Crippen molar-refractivity contribution in [2.45, 2.75) is 0 Å². The van der Waals surface area contributed by atoms with Gasteiger partial charge in [0.1, 0.15) is 16.9 Å². The van der Waals surface area contributed by atoms with E-state index in [1.165, 1.54) is 38.2 Å². The molecule has 0 radical (unpaired) electrons. The molecule has 38 heavy (non-hydrogen) atoms. The zero-order valence-electron chi connectivity index (χ0n) is 20.5. The molecule has 0 bridgehead atoms. The van der Waals surface area contributed by atoms with E-state index in [1.54, 1.807) is 6.07 Å². The van der Waals surface area contributed by atoms with Gasteiger partial charge in [0.25, 0.3) is 0 Å². The van der Waals surface area contributed by atoms with E-state index in [0.717, 1.165) is 38.3 Å². The van der Waals surface area contributed by atoms with Crippen molar-refractivity contribution < 1.29 is 9.52 Å². The number of phenols is 1. The fourth-order valence-electron chi connectivity index (χ4n) is 6.10. The minimum absolute atomic E-state index is 0.280. The SMILES string of the molecule is Oc1ccc2c(-c3c4ccccc4c(-c4ccc5oc6ccccc6c5c4)c4ccccc34)cccc2c1. The van der Waals surface area contributed by atoms with E-state index < -0.39 is 0 Å². The van der Waals surface area contributed by atoms with Gasteiger partial charge in [-0.3, -0.25) is 0 Å². The molecule has 0 aliphatic heterocycles. The molecule has 0 saturated carbocycles. The first-order valence-electron chi connectivity index (χ1n) is 12.8. The monoisotopic (exact) mass is 486 g/mol. The summed E-state index contributed by atoms with van der Waals surface area (Å²) in [6.45, 7) is 0. The molecule has 1 N–H and O–H groups in total. The van der Waals surface area contributed by atoms with Crippen molar-refractivity contribution in [1.29, 1.82) is 0 Å². The van der Waals surface area contributed by atoms with E-state index in [4.69, 9.17) is 4.42 Å². The third kappa shape index (κ3) is 3.01. The minimum Gasteiger partial charge on any atom is -0.508 e. The van der Waals surface area contributed by atoms with Crippen LogP contribution in [-0.4, -0.2) is 5.11 Å². The molecule has 8 rings (SSSR count). The lowest BCUT2D eigenvalue weighted by molar-refractivity contribution is 0.476. The summed E-state index contributed by atoms with van der Waals surface area (Å²) in [6.07, 6.45) is 0. The predicted octanol–water partition coefficient (Wildman–Crippen LogP) is 10.1. The number of hydrogen-bond donors (Lipinski definition) is 1. The Balaban J connectivity index is 1.51. The lowest BCUT2D eigenvalue weighted by atomic mass is 9.84. The van der Waals surface area contributed by atoms with Gasteiger partial charge in [-0.1, -0.05) is 97.1 Å². The van der Waals surface area contributed by atoms with Crippen molar-refractivity contribution in [3.8, 4) is 28.0 Å². The van der Waals surface area contributed by atoms with Crippen LogP contribution < -0.4 is 0 Å². The highest BCUT2D eigenvalue weighted by atomic mass is 16.3. The first-order chi connectivity index (χ1) is 18.8. The molecular weight excluding hydrogens is 464 g/mol. The second-order valence-corrected chi connectivity index (χ2v) is 9.86. The second kappa shape index (κ2) is 7.96. The van der Waals surface area contributed by atoms with Gasteiger partial charge in [0, 0.05) is 10.8 Å². The van der Waals surface area contributed by atoms with Gasteiger partial charge in [-0.05, 0) is 84.9 Å². The molecule has 0 fully saturated rings. The van der Waals surface area contributed by atoms with Crippen molar-refractivity contribution in [2.75, 3.05) is 0 Å². The Morgan fingerprint density at radius 1 is 0.421 bits per heavy atom. The van der Waals surface area contributed by atoms with Crippen LogP contribution in [0.3, 0.4) is 0 Å². The van der Waals surface area contributed by atoms with Crippen molar-refractivity contribution in [1.82, 2.24) is 0 Å². The van der Waals surface area contributed by atoms with Gasteiger partial charge in [0.2, 0.25) is 0 Å². The van der Waals surface area contributed by atoms with Crippen LogP contribution in [0, 0.1) is 0 Å². The molecule has 1 aromatic heterocycles. The average Bonchev–Trinajstić information content (AvgIpc) is 3.33. The molecule has 7 aromatic carbocycles. The van der Waals surface area contributed by atoms with Crippen LogP contribution in [0.25, 0.3) is 76.5 Å². The van der Waals surface area contributed by atoms with Crippen molar-refractivity contribution in [3.63, 3.8) is 0 Å². The quantitative estimate of drug-likeness (QED) is 0.247. The number of rotatable bonds is 2. The lowest BCUT2D eigenvalue weighted by Crippen LogP contribution is -1.91. The summed E-state index contributed by atoms with van der Waals surface area (Å²) in [5, 5.41) is 19.4. The first-order valence-corrected chi connectivity index (χ1v) is 12.8. The Hall–Kier alpha value is -5.08. The largest absolute Gasteiger partial charge is 0.508 e. The van der Waals surface area contributed by atoms with Crippen molar-refractivity contribution in [3.05, 3.63) is 127 Å². The number of aromatic hydroxyl groups is 1. The Bertz CT molecular complexity index is 2140. The lowest BCUT2D eigenvalue weighted by Gasteiger charge is -2.19. The standard InChI is InChI=1S/C36H22O2/c37-24-17-18-25-22(20-24)8-7-14-27(25)36-30-12-3-1-10-28(30)35(29-11-2-4-13-31(29)36)23-16-19-34-32(21-23)26-9-5-6-15-33(26)38-34/h1-21,37H. The summed E-state index contributed by atoms with van der Waals surface area (Å²) in [5.41, 5.74) is 6.59. The molecule has 178 valence electrons. The molecule has 8 aromatic rings. The minimum atomic E-state index is 0.280. The summed E-state index contributed by atoms with van der Waals surface area (Å²) in [7, 11) is 0. The molecule has 0 saturated heterocycles. The number of furan rings is 1. The molecular formula is C36H22O2. The Kier molecular flexibility index (Phi) is 4.41. The van der Waals surface area contributed by atoms with E-state index >= 15 is 0 Å². The van der Waals surface area contributed by atoms with Gasteiger partial charge in [-0.2, -0.15) is 0 Å². The van der Waals surface area contributed by atoms with Gasteiger partial charge < -0.3 is 9.52 Å². The van der Waals surface area contributed by atoms with Crippen LogP contribution in [0.15, 0.2) is 132 Å². The van der Waals surface area contributed by atoms with E-state index in [1.807, 2.05) is 24.3 Å². The fraction of sp³-hybridized carbons (Fsp3) is 0. The number of para-hydroxylation sites is 1. The molecule has 2 nitrogen and oxygen atoms in total. The Morgan fingerprint density at radius 3 is 1.79 bits per heavy atom. The summed E-state index contributed by atoms with van der Waals surface area (Å²) >= 11 is 0. The smallest absolute Gasteiger partial charge is 0.135 e. The maximum absolute atomic E-state index is 10.1. The molecule has 0 spiro atoms. The van der Waals surface area contributed by atoms with Crippen LogP contribution in [-0.2, 0) is 0 Å². The molecule has 1 heterocycles. The molecule has 2 heteroatoms. The molecule has 0 atom stereocenters. The van der Waals surface area contributed by atoms with Crippen LogP contribution in [0.1, 0.15) is 0 Å². The highest BCUT2D eigenvalue weighted by Crippen LogP contribution is 2.46. The Labute approximate surface area is 219 Å². The molecule has 0 aliphatic carbocycles. The van der Waals surface area contributed by atoms with Crippen molar-refractivity contribution >= 4 is 54.3 Å². The molecule has 0 unspecified atom stereocenters. The third-order valence-corrected chi connectivity index (χ3v) is 7.73. The predicted molar refractivity (Wildman–Crippen MR) is 159 cm³/mol. The number of phenolic OH excluding ortho intramolecular Hbond substituents is 1. The van der Waals surface area contributed by atoms with Gasteiger partial charge in [0.15, 0.2) is 0 Å². The summed E-state index contributed by atoms with van der Waals surface area (Å²) in [5.74, 6) is 0.280. The van der Waals surface area contributed by atoms with Gasteiger partial charge in [-0.25, -0.2) is 0 Å². The first kappa shape index (κ1) is 21.0. The zero-order valence-corrected chi connectivity index (χ0v) is 20.5. The van der Waals surface area contributed by atoms with Gasteiger partial charge >= 0.3 is 0 Å². The van der Waals surface area contributed by atoms with Gasteiger partial charge in [-0.15, -0.1) is 0 Å². The normalized spacial score (nSPS) is 11.8. The number of hydrogen-bond acceptors (Lipinski definition) is 2. The van der Waals surface area contributed by atoms with E-state index in [0.29, 0.717) is 0 Å². The van der Waals surface area contributed by atoms with Crippen LogP contribution in [0.2, 0.25) is 0 Å². The summed E-state index contributed by atoms with van der Waals surface area (Å²) in [6, 6.07) is 44.1. The average molecular weight is 487 g/mol. The van der Waals surface area contributed by atoms with E-state index in [2.05, 4.69) is 97.1 Å². The summed E-state index contributed by atoms with van der Waals surface area (Å²) in [4.78, 5) is 0. The highest BCUT2D eigenvalue weighted by Gasteiger charge is 2.18. The third-order valence-electron chi connectivity index (χ3n) is 7.73. The van der Waals surface area contributed by atoms with Crippen LogP contribution in [0.5, 0.6) is 5.75 Å². The van der Waals surface area contributed by atoms with E-state index in [9.17, 15) is 5.11 Å². The highest BCUT2D eigenvalue weighted by molar-refractivity contribution is 6.24. The molecule has 0 aliphatic rings. The van der Waals surface area contributed by atoms with Crippen LogP contribution in [0.4, 0.5) is 0 Å². The zero-order chi connectivity index (χ0) is 25.2. The van der Waals surface area contributed by atoms with Gasteiger partial charge in [0.05, 0.1) is 0 Å². The Morgan fingerprint density at radius 2 is 1.05 bits per heavy atom. The topological polar surface area (TPSA) is 33.4 Å². The maximum atomic E-state index is 10.1. The summed E-state index contributed by atoms with van der Waals surface area (Å²) < 4.78 is 6.13. The maximum Gasteiger partial charge on any atom is 0.135 e.